The molecule has 1 heterocycles. The average Bonchev–Trinajstić information content (AvgIpc) is 2.86. The van der Waals surface area contributed by atoms with Crippen molar-refractivity contribution in [2.24, 2.45) is 5.92 Å². The molecule has 6 nitrogen and oxygen atoms in total. The Labute approximate surface area is 107 Å². The molecule has 1 saturated carbocycles. The lowest BCUT2D eigenvalue weighted by Crippen LogP contribution is -2.17. The monoisotopic (exact) mass is 252 g/mol. The molecule has 0 N–H and O–H groups in total. The lowest BCUT2D eigenvalue weighted by atomic mass is 9.87. The number of aryl methyl sites for hydroxylation is 1. The van der Waals surface area contributed by atoms with Gasteiger partial charge < -0.3 is 4.74 Å². The van der Waals surface area contributed by atoms with E-state index < -0.39 is 5.97 Å². The van der Waals surface area contributed by atoms with Crippen LogP contribution >= 0.6 is 0 Å². The molecule has 1 fully saturated rings. The van der Waals surface area contributed by atoms with Crippen LogP contribution in [0.5, 0.6) is 0 Å². The second-order valence-electron chi connectivity index (χ2n) is 4.74. The molecule has 1 aliphatic rings. The lowest BCUT2D eigenvalue weighted by molar-refractivity contribution is 0.0503. The highest BCUT2D eigenvalue weighted by atomic mass is 16.5. The highest BCUT2D eigenvalue weighted by molar-refractivity contribution is 5.85. The third-order valence-corrected chi connectivity index (χ3v) is 3.46. The van der Waals surface area contributed by atoms with Gasteiger partial charge in [0.05, 0.1) is 6.61 Å². The molecule has 1 aromatic heterocycles. The van der Waals surface area contributed by atoms with Crippen LogP contribution in [-0.4, -0.2) is 32.8 Å². The van der Waals surface area contributed by atoms with Crippen molar-refractivity contribution < 1.29 is 9.53 Å². The Hall–Kier alpha value is -1.46. The summed E-state index contributed by atoms with van der Waals surface area (Å²) in [6.07, 6.45) is 7.62. The first-order valence-electron chi connectivity index (χ1n) is 6.74. The van der Waals surface area contributed by atoms with Crippen molar-refractivity contribution in [3.05, 3.63) is 5.82 Å². The van der Waals surface area contributed by atoms with Gasteiger partial charge in [0.1, 0.15) is 0 Å². The fourth-order valence-electron chi connectivity index (χ4n) is 2.48. The SMILES string of the molecule is CCOC(=O)c1nnnn1CCC1CCCCC1. The Morgan fingerprint density at radius 3 is 2.89 bits per heavy atom. The summed E-state index contributed by atoms with van der Waals surface area (Å²) in [7, 11) is 0. The molecule has 0 bridgehead atoms. The predicted molar refractivity (Wildman–Crippen MR) is 65.0 cm³/mol. The van der Waals surface area contributed by atoms with Crippen LogP contribution in [0.15, 0.2) is 0 Å². The number of esters is 1. The fourth-order valence-corrected chi connectivity index (χ4v) is 2.48. The van der Waals surface area contributed by atoms with E-state index in [0.717, 1.165) is 12.3 Å². The van der Waals surface area contributed by atoms with Crippen LogP contribution in [0.4, 0.5) is 0 Å². The number of ether oxygens (including phenoxy) is 1. The molecule has 6 heteroatoms. The Balaban J connectivity index is 1.88. The first-order chi connectivity index (χ1) is 8.81. The van der Waals surface area contributed by atoms with Gasteiger partial charge in [-0.3, -0.25) is 0 Å². The third-order valence-electron chi connectivity index (χ3n) is 3.46. The van der Waals surface area contributed by atoms with Crippen LogP contribution in [-0.2, 0) is 11.3 Å². The number of hydrogen-bond acceptors (Lipinski definition) is 5. The number of rotatable bonds is 5. The van der Waals surface area contributed by atoms with Crippen LogP contribution < -0.4 is 0 Å². The average molecular weight is 252 g/mol. The van der Waals surface area contributed by atoms with Crippen LogP contribution in [0.3, 0.4) is 0 Å². The summed E-state index contributed by atoms with van der Waals surface area (Å²) in [5.74, 6) is 0.525. The van der Waals surface area contributed by atoms with Crippen molar-refractivity contribution in [3.8, 4) is 0 Å². The number of hydrogen-bond donors (Lipinski definition) is 0. The second-order valence-corrected chi connectivity index (χ2v) is 4.74. The molecule has 100 valence electrons. The molecule has 0 amide bonds. The minimum atomic E-state index is -0.439. The van der Waals surface area contributed by atoms with Gasteiger partial charge in [0.15, 0.2) is 0 Å². The minimum absolute atomic E-state index is 0.215. The first-order valence-corrected chi connectivity index (χ1v) is 6.74. The number of aromatic nitrogens is 4. The standard InChI is InChI=1S/C12H20N4O2/c1-2-18-12(17)11-13-14-15-16(11)9-8-10-6-4-3-5-7-10/h10H,2-9H2,1H3. The molecule has 18 heavy (non-hydrogen) atoms. The molecule has 0 spiro atoms. The Bertz CT molecular complexity index is 385. The molecule has 1 aromatic rings. The molecule has 0 unspecified atom stereocenters. The van der Waals surface area contributed by atoms with Gasteiger partial charge in [-0.25, -0.2) is 9.48 Å². The molecule has 2 rings (SSSR count). The zero-order chi connectivity index (χ0) is 12.8. The molecule has 0 radical (unpaired) electrons. The van der Waals surface area contributed by atoms with Crippen molar-refractivity contribution >= 4 is 5.97 Å². The van der Waals surface area contributed by atoms with Gasteiger partial charge >= 0.3 is 5.97 Å². The predicted octanol–water partition coefficient (Wildman–Crippen LogP) is 1.82. The van der Waals surface area contributed by atoms with E-state index in [1.165, 1.54) is 32.1 Å². The quantitative estimate of drug-likeness (QED) is 0.747. The minimum Gasteiger partial charge on any atom is -0.460 e. The van der Waals surface area contributed by atoms with Gasteiger partial charge in [0.25, 0.3) is 5.82 Å². The molecule has 0 saturated heterocycles. The van der Waals surface area contributed by atoms with Crippen LogP contribution in [0.1, 0.15) is 56.1 Å². The maximum atomic E-state index is 11.6. The smallest absolute Gasteiger partial charge is 0.378 e. The van der Waals surface area contributed by atoms with Crippen molar-refractivity contribution in [2.75, 3.05) is 6.61 Å². The van der Waals surface area contributed by atoms with E-state index in [1.54, 1.807) is 11.6 Å². The van der Waals surface area contributed by atoms with Crippen molar-refractivity contribution in [1.82, 2.24) is 20.2 Å². The summed E-state index contributed by atoms with van der Waals surface area (Å²) in [4.78, 5) is 11.6. The zero-order valence-electron chi connectivity index (χ0n) is 10.8. The highest BCUT2D eigenvalue weighted by Crippen LogP contribution is 2.26. The maximum absolute atomic E-state index is 11.6. The Morgan fingerprint density at radius 1 is 1.39 bits per heavy atom. The van der Waals surface area contributed by atoms with Gasteiger partial charge in [0.2, 0.25) is 0 Å². The van der Waals surface area contributed by atoms with Crippen molar-refractivity contribution in [1.29, 1.82) is 0 Å². The molecular formula is C12H20N4O2. The summed E-state index contributed by atoms with van der Waals surface area (Å²) < 4.78 is 6.48. The van der Waals surface area contributed by atoms with E-state index in [4.69, 9.17) is 4.74 Å². The van der Waals surface area contributed by atoms with Crippen molar-refractivity contribution in [3.63, 3.8) is 0 Å². The highest BCUT2D eigenvalue weighted by Gasteiger charge is 2.18. The zero-order valence-corrected chi connectivity index (χ0v) is 10.8. The fraction of sp³-hybridized carbons (Fsp3) is 0.833. The Kier molecular flexibility index (Phi) is 4.66. The number of nitrogens with zero attached hydrogens (tertiary/aromatic N) is 4. The second kappa shape index (κ2) is 6.47. The number of carbonyl (C=O) groups excluding carboxylic acids is 1. The van der Waals surface area contributed by atoms with Gasteiger partial charge in [-0.1, -0.05) is 32.1 Å². The molecule has 0 atom stereocenters. The van der Waals surface area contributed by atoms with Gasteiger partial charge in [-0.05, 0) is 29.7 Å². The van der Waals surface area contributed by atoms with E-state index in [1.807, 2.05) is 0 Å². The van der Waals surface area contributed by atoms with E-state index >= 15 is 0 Å². The number of tetrazole rings is 1. The summed E-state index contributed by atoms with van der Waals surface area (Å²) in [5, 5.41) is 11.1. The van der Waals surface area contributed by atoms with E-state index in [2.05, 4.69) is 15.5 Å². The van der Waals surface area contributed by atoms with Gasteiger partial charge in [-0.2, -0.15) is 0 Å². The van der Waals surface area contributed by atoms with E-state index in [0.29, 0.717) is 13.2 Å². The van der Waals surface area contributed by atoms with Crippen LogP contribution in [0.25, 0.3) is 0 Å². The normalized spacial score (nSPS) is 16.7. The lowest BCUT2D eigenvalue weighted by Gasteiger charge is -2.21. The van der Waals surface area contributed by atoms with E-state index in [-0.39, 0.29) is 5.82 Å². The maximum Gasteiger partial charge on any atom is 0.378 e. The summed E-state index contributed by atoms with van der Waals surface area (Å²) in [5.41, 5.74) is 0. The molecule has 0 aromatic carbocycles. The van der Waals surface area contributed by atoms with E-state index in [9.17, 15) is 4.79 Å². The van der Waals surface area contributed by atoms with Gasteiger partial charge in [-0.15, -0.1) is 5.10 Å². The Morgan fingerprint density at radius 2 is 2.17 bits per heavy atom. The van der Waals surface area contributed by atoms with Crippen molar-refractivity contribution in [2.45, 2.75) is 52.0 Å². The summed E-state index contributed by atoms with van der Waals surface area (Å²) >= 11 is 0. The molecule has 0 aliphatic heterocycles. The molecular weight excluding hydrogens is 232 g/mol. The first kappa shape index (κ1) is 13.0. The third kappa shape index (κ3) is 3.27. The number of carbonyl (C=O) groups is 1. The molecule has 1 aliphatic carbocycles. The van der Waals surface area contributed by atoms with Gasteiger partial charge in [0, 0.05) is 6.54 Å². The van der Waals surface area contributed by atoms with Crippen LogP contribution in [0, 0.1) is 5.92 Å². The summed E-state index contributed by atoms with van der Waals surface area (Å²) in [6.45, 7) is 2.81. The summed E-state index contributed by atoms with van der Waals surface area (Å²) in [6, 6.07) is 0. The van der Waals surface area contributed by atoms with Crippen LogP contribution in [0.2, 0.25) is 0 Å². The largest absolute Gasteiger partial charge is 0.460 e. The topological polar surface area (TPSA) is 69.9 Å².